The van der Waals surface area contributed by atoms with Crippen LogP contribution in [0.4, 0.5) is 5.69 Å². The normalized spacial score (nSPS) is 24.1. The van der Waals surface area contributed by atoms with Gasteiger partial charge in [-0.3, -0.25) is 4.79 Å². The third-order valence-electron chi connectivity index (χ3n) is 8.04. The molecule has 3 aliphatic rings. The quantitative estimate of drug-likeness (QED) is 0.364. The molecule has 0 bridgehead atoms. The Labute approximate surface area is 234 Å². The van der Waals surface area contributed by atoms with E-state index in [0.29, 0.717) is 25.5 Å². The Morgan fingerprint density at radius 2 is 2.03 bits per heavy atom. The highest BCUT2D eigenvalue weighted by molar-refractivity contribution is 5.80. The smallest absolute Gasteiger partial charge is 0.249 e. The molecule has 4 rings (SSSR count). The third-order valence-corrected chi connectivity index (χ3v) is 8.04. The molecule has 1 aromatic carbocycles. The summed E-state index contributed by atoms with van der Waals surface area (Å²) in [7, 11) is 3.37. The van der Waals surface area contributed by atoms with E-state index in [0.717, 1.165) is 88.6 Å². The van der Waals surface area contributed by atoms with E-state index in [1.807, 2.05) is 0 Å². The maximum absolute atomic E-state index is 12.7. The number of methoxy groups -OCH3 is 2. The average Bonchev–Trinajstić information content (AvgIpc) is 2.94. The summed E-state index contributed by atoms with van der Waals surface area (Å²) in [6, 6.07) is 6.63. The topological polar surface area (TPSA) is 90.5 Å². The van der Waals surface area contributed by atoms with Crippen molar-refractivity contribution in [3.05, 3.63) is 23.8 Å². The lowest BCUT2D eigenvalue weighted by Gasteiger charge is -2.41. The van der Waals surface area contributed by atoms with Crippen LogP contribution >= 0.6 is 0 Å². The molecule has 0 spiro atoms. The molecule has 0 unspecified atom stereocenters. The molecule has 0 aromatic heterocycles. The fourth-order valence-corrected chi connectivity index (χ4v) is 5.79. The summed E-state index contributed by atoms with van der Waals surface area (Å²) in [5.41, 5.74) is 2.06. The number of carbonyl (C=O) groups excluding carboxylic acids is 1. The van der Waals surface area contributed by atoms with Gasteiger partial charge in [-0.2, -0.15) is 0 Å². The molecular formula is C30H49N3O6. The van der Waals surface area contributed by atoms with Gasteiger partial charge in [0.1, 0.15) is 17.5 Å². The first kappa shape index (κ1) is 30.1. The van der Waals surface area contributed by atoms with Crippen LogP contribution < -0.4 is 20.3 Å². The number of fused-ring (bicyclic) bond motifs is 1. The number of nitrogens with zero attached hydrogens (tertiary/aromatic N) is 1. The predicted octanol–water partition coefficient (Wildman–Crippen LogP) is 3.29. The summed E-state index contributed by atoms with van der Waals surface area (Å²) in [5.74, 6) is 1.42. The first-order valence-electron chi connectivity index (χ1n) is 14.7. The molecule has 3 heterocycles. The lowest BCUT2D eigenvalue weighted by molar-refractivity contribution is -0.132. The van der Waals surface area contributed by atoms with Crippen LogP contribution in [-0.2, 0) is 30.3 Å². The molecule has 2 N–H and O–H groups in total. The van der Waals surface area contributed by atoms with Crippen molar-refractivity contribution >= 4 is 11.6 Å². The van der Waals surface area contributed by atoms with Crippen LogP contribution in [0.1, 0.15) is 57.9 Å². The Morgan fingerprint density at radius 1 is 1.21 bits per heavy atom. The number of amides is 1. The molecule has 0 saturated carbocycles. The molecule has 9 heteroatoms. The minimum atomic E-state index is -0.436. The molecule has 0 radical (unpaired) electrons. The van der Waals surface area contributed by atoms with Gasteiger partial charge in [-0.05, 0) is 76.0 Å². The standard InChI is InChI=1S/C30H49N3O6/c1-30(2)21-33(12-5-13-35-3)26-16-23(6-9-27(26)39-30)20-38-25-8-7-24(31-19-25)17-28(36-4)29(34)32-18-22-10-14-37-15-11-22/h6,9,16,22,24-25,28,31H,5,7-8,10-15,17-21H2,1-4H3,(H,32,34)/t24-,25+,28+/m0/s1. The second kappa shape index (κ2) is 14.6. The van der Waals surface area contributed by atoms with Crippen molar-refractivity contribution in [2.24, 2.45) is 5.92 Å². The summed E-state index contributed by atoms with van der Waals surface area (Å²) in [4.78, 5) is 15.1. The van der Waals surface area contributed by atoms with Crippen LogP contribution in [-0.4, -0.2) is 90.0 Å². The lowest BCUT2D eigenvalue weighted by Crippen LogP contribution is -2.47. The molecule has 39 heavy (non-hydrogen) atoms. The zero-order chi connectivity index (χ0) is 27.7. The van der Waals surface area contributed by atoms with Crippen molar-refractivity contribution < 1.29 is 28.5 Å². The number of carbonyl (C=O) groups is 1. The van der Waals surface area contributed by atoms with Crippen molar-refractivity contribution in [1.29, 1.82) is 0 Å². The number of hydrogen-bond donors (Lipinski definition) is 2. The second-order valence-corrected chi connectivity index (χ2v) is 11.8. The van der Waals surface area contributed by atoms with Crippen LogP contribution in [0.2, 0.25) is 0 Å². The number of rotatable bonds is 13. The highest BCUT2D eigenvalue weighted by Gasteiger charge is 2.32. The second-order valence-electron chi connectivity index (χ2n) is 11.8. The number of nitrogens with one attached hydrogen (secondary N) is 2. The van der Waals surface area contributed by atoms with Gasteiger partial charge in [0.15, 0.2) is 0 Å². The van der Waals surface area contributed by atoms with E-state index < -0.39 is 6.10 Å². The number of benzene rings is 1. The van der Waals surface area contributed by atoms with Gasteiger partial charge in [-0.25, -0.2) is 0 Å². The molecule has 2 saturated heterocycles. The zero-order valence-corrected chi connectivity index (χ0v) is 24.3. The average molecular weight is 548 g/mol. The minimum Gasteiger partial charge on any atom is -0.484 e. The Morgan fingerprint density at radius 3 is 2.74 bits per heavy atom. The van der Waals surface area contributed by atoms with Crippen LogP contribution in [0.5, 0.6) is 5.75 Å². The highest BCUT2D eigenvalue weighted by atomic mass is 16.5. The van der Waals surface area contributed by atoms with Crippen molar-refractivity contribution in [2.45, 2.75) is 82.8 Å². The van der Waals surface area contributed by atoms with Gasteiger partial charge < -0.3 is 39.2 Å². The first-order valence-corrected chi connectivity index (χ1v) is 14.7. The monoisotopic (exact) mass is 547 g/mol. The zero-order valence-electron chi connectivity index (χ0n) is 24.3. The van der Waals surface area contributed by atoms with Crippen molar-refractivity contribution in [1.82, 2.24) is 10.6 Å². The van der Waals surface area contributed by atoms with Gasteiger partial charge in [-0.15, -0.1) is 0 Å². The molecule has 3 aliphatic heterocycles. The van der Waals surface area contributed by atoms with E-state index in [9.17, 15) is 4.79 Å². The van der Waals surface area contributed by atoms with Crippen LogP contribution in [0.3, 0.4) is 0 Å². The molecule has 9 nitrogen and oxygen atoms in total. The maximum Gasteiger partial charge on any atom is 0.249 e. The van der Waals surface area contributed by atoms with Crippen molar-refractivity contribution in [3.8, 4) is 5.75 Å². The summed E-state index contributed by atoms with van der Waals surface area (Å²) >= 11 is 0. The van der Waals surface area contributed by atoms with Gasteiger partial charge in [0.05, 0.1) is 24.9 Å². The van der Waals surface area contributed by atoms with Crippen molar-refractivity contribution in [2.75, 3.05) is 65.1 Å². The summed E-state index contributed by atoms with van der Waals surface area (Å²) < 4.78 is 28.8. The van der Waals surface area contributed by atoms with Crippen LogP contribution in [0.25, 0.3) is 0 Å². The van der Waals surface area contributed by atoms with Crippen LogP contribution in [0, 0.1) is 5.92 Å². The predicted molar refractivity (Wildman–Crippen MR) is 151 cm³/mol. The van der Waals surface area contributed by atoms with E-state index in [1.165, 1.54) is 0 Å². The van der Waals surface area contributed by atoms with E-state index >= 15 is 0 Å². The van der Waals surface area contributed by atoms with E-state index in [4.69, 9.17) is 23.7 Å². The van der Waals surface area contributed by atoms with Gasteiger partial charge >= 0.3 is 0 Å². The van der Waals surface area contributed by atoms with Crippen LogP contribution in [0.15, 0.2) is 18.2 Å². The summed E-state index contributed by atoms with van der Waals surface area (Å²) in [5, 5.41) is 6.68. The van der Waals surface area contributed by atoms with Gasteiger partial charge in [-0.1, -0.05) is 6.07 Å². The third kappa shape index (κ3) is 9.05. The summed E-state index contributed by atoms with van der Waals surface area (Å²) in [6.45, 7) is 10.4. The first-order chi connectivity index (χ1) is 18.9. The Bertz CT molecular complexity index is 899. The van der Waals surface area contributed by atoms with Gasteiger partial charge in [0.2, 0.25) is 5.91 Å². The fraction of sp³-hybridized carbons (Fsp3) is 0.767. The molecule has 220 valence electrons. The van der Waals surface area contributed by atoms with E-state index in [-0.39, 0.29) is 23.7 Å². The number of piperidine rings is 1. The molecule has 1 aromatic rings. The van der Waals surface area contributed by atoms with Gasteiger partial charge in [0.25, 0.3) is 0 Å². The summed E-state index contributed by atoms with van der Waals surface area (Å²) in [6.07, 6.45) is 5.29. The minimum absolute atomic E-state index is 0.0137. The fourth-order valence-electron chi connectivity index (χ4n) is 5.79. The van der Waals surface area contributed by atoms with Crippen molar-refractivity contribution in [3.63, 3.8) is 0 Å². The largest absolute Gasteiger partial charge is 0.484 e. The Hall–Kier alpha value is -1.91. The Kier molecular flexibility index (Phi) is 11.3. The molecule has 0 aliphatic carbocycles. The van der Waals surface area contributed by atoms with Gasteiger partial charge in [0, 0.05) is 59.7 Å². The van der Waals surface area contributed by atoms with E-state index in [1.54, 1.807) is 14.2 Å². The number of anilines is 1. The highest BCUT2D eigenvalue weighted by Crippen LogP contribution is 2.38. The molecule has 1 amide bonds. The molecule has 2 fully saturated rings. The number of ether oxygens (including phenoxy) is 5. The molecular weight excluding hydrogens is 498 g/mol. The van der Waals surface area contributed by atoms with E-state index in [2.05, 4.69) is 47.6 Å². The molecule has 3 atom stereocenters. The lowest BCUT2D eigenvalue weighted by atomic mass is 9.96. The Balaban J connectivity index is 1.21. The number of hydrogen-bond acceptors (Lipinski definition) is 8. The SMILES string of the molecule is COCCCN1CC(C)(C)Oc2ccc(CO[C@@H]3CC[C@@H](C[C@@H](OC)C(=O)NCC4CCOCC4)NC3)cc21. The maximum atomic E-state index is 12.7.